The Morgan fingerprint density at radius 2 is 1.76 bits per heavy atom. The van der Waals surface area contributed by atoms with E-state index in [-0.39, 0.29) is 11.6 Å². The molecule has 0 aliphatic rings. The molecule has 0 radical (unpaired) electrons. The number of carbonyl (C=O) groups is 3. The van der Waals surface area contributed by atoms with Crippen molar-refractivity contribution in [3.8, 4) is 17.0 Å². The Bertz CT molecular complexity index is 1100. The number of hydrogen-bond acceptors (Lipinski definition) is 7. The standard InChI is InChI=1S/C27H41N3O7Si/c1-26(2,3)36-25(34)28-14-9-15-30-20(17-31)16-22(29-30)19-10-12-21(13-11-19)35-18-23(24(32)33)37-38(7,8)27(4,5)6/h10-13,16-17,23H,9,14-15,18H2,1-8H3,(H,28,34)(H,32,33)/t23-/m1/s1. The van der Waals surface area contributed by atoms with Crippen LogP contribution in [0.25, 0.3) is 11.3 Å². The summed E-state index contributed by atoms with van der Waals surface area (Å²) < 4.78 is 18.6. The maximum Gasteiger partial charge on any atom is 0.407 e. The normalized spacial score (nSPS) is 13.1. The van der Waals surface area contributed by atoms with Crippen LogP contribution in [0.1, 0.15) is 58.5 Å². The van der Waals surface area contributed by atoms with E-state index in [1.807, 2.05) is 13.1 Å². The minimum Gasteiger partial charge on any atom is -0.490 e. The average Bonchev–Trinajstić information content (AvgIpc) is 3.21. The molecule has 10 nitrogen and oxygen atoms in total. The number of aliphatic carboxylic acids is 1. The number of nitrogens with zero attached hydrogens (tertiary/aromatic N) is 2. The van der Waals surface area contributed by atoms with Gasteiger partial charge in [-0.3, -0.25) is 9.48 Å². The van der Waals surface area contributed by atoms with Gasteiger partial charge in [0.05, 0.1) is 5.69 Å². The highest BCUT2D eigenvalue weighted by Gasteiger charge is 2.41. The predicted octanol–water partition coefficient (Wildman–Crippen LogP) is 5.13. The number of carbonyl (C=O) groups excluding carboxylic acids is 2. The fourth-order valence-corrected chi connectivity index (χ4v) is 4.40. The smallest absolute Gasteiger partial charge is 0.407 e. The van der Waals surface area contributed by atoms with Gasteiger partial charge in [0, 0.05) is 18.7 Å². The van der Waals surface area contributed by atoms with Gasteiger partial charge in [0.25, 0.3) is 0 Å². The van der Waals surface area contributed by atoms with E-state index >= 15 is 0 Å². The van der Waals surface area contributed by atoms with Crippen LogP contribution in [-0.2, 0) is 20.5 Å². The molecule has 0 spiro atoms. The minimum absolute atomic E-state index is 0.109. The number of aromatic nitrogens is 2. The lowest BCUT2D eigenvalue weighted by atomic mass is 10.1. The maximum absolute atomic E-state index is 11.8. The summed E-state index contributed by atoms with van der Waals surface area (Å²) in [5.41, 5.74) is 1.24. The van der Waals surface area contributed by atoms with Crippen molar-refractivity contribution in [3.63, 3.8) is 0 Å². The lowest BCUT2D eigenvalue weighted by molar-refractivity contribution is -0.147. The van der Waals surface area contributed by atoms with Crippen molar-refractivity contribution in [1.29, 1.82) is 0 Å². The zero-order chi connectivity index (χ0) is 28.7. The van der Waals surface area contributed by atoms with Crippen LogP contribution in [0, 0.1) is 0 Å². The second-order valence-corrected chi connectivity index (χ2v) is 16.4. The van der Waals surface area contributed by atoms with E-state index < -0.39 is 32.1 Å². The highest BCUT2D eigenvalue weighted by atomic mass is 28.4. The van der Waals surface area contributed by atoms with E-state index in [0.717, 1.165) is 11.8 Å². The van der Waals surface area contributed by atoms with E-state index in [0.29, 0.717) is 36.6 Å². The Labute approximate surface area is 225 Å². The number of carboxylic acids is 1. The van der Waals surface area contributed by atoms with Gasteiger partial charge in [-0.25, -0.2) is 9.59 Å². The monoisotopic (exact) mass is 547 g/mol. The number of nitrogens with one attached hydrogen (secondary N) is 1. The molecule has 0 fully saturated rings. The number of benzene rings is 1. The summed E-state index contributed by atoms with van der Waals surface area (Å²) in [6.07, 6.45) is -0.247. The molecule has 0 bridgehead atoms. The number of alkyl carbamates (subject to hydrolysis) is 1. The molecule has 0 aliphatic carbocycles. The molecule has 2 aromatic rings. The van der Waals surface area contributed by atoms with Crippen molar-refractivity contribution in [2.24, 2.45) is 0 Å². The summed E-state index contributed by atoms with van der Waals surface area (Å²) in [5.74, 6) is -0.554. The van der Waals surface area contributed by atoms with Crippen LogP contribution in [0.2, 0.25) is 18.1 Å². The number of ether oxygens (including phenoxy) is 2. The molecule has 0 aliphatic heterocycles. The first kappa shape index (κ1) is 31.0. The van der Waals surface area contributed by atoms with Crippen LogP contribution in [0.15, 0.2) is 30.3 Å². The molecule has 0 saturated carbocycles. The summed E-state index contributed by atoms with van der Waals surface area (Å²) in [7, 11) is -2.28. The van der Waals surface area contributed by atoms with E-state index in [4.69, 9.17) is 13.9 Å². The molecular formula is C27H41N3O7Si. The summed E-state index contributed by atoms with van der Waals surface area (Å²) >= 11 is 0. The lowest BCUT2D eigenvalue weighted by Gasteiger charge is -2.38. The maximum atomic E-state index is 11.8. The second-order valence-electron chi connectivity index (χ2n) is 11.6. The van der Waals surface area contributed by atoms with Crippen molar-refractivity contribution in [1.82, 2.24) is 15.1 Å². The van der Waals surface area contributed by atoms with E-state index in [1.54, 1.807) is 55.8 Å². The Morgan fingerprint density at radius 1 is 1.13 bits per heavy atom. The Hall–Kier alpha value is -3.18. The molecule has 11 heteroatoms. The fourth-order valence-electron chi connectivity index (χ4n) is 3.16. The minimum atomic E-state index is -2.28. The number of rotatable bonds is 12. The number of hydrogen-bond donors (Lipinski definition) is 2. The van der Waals surface area contributed by atoms with Crippen molar-refractivity contribution in [2.75, 3.05) is 13.2 Å². The molecule has 1 aromatic heterocycles. The molecule has 1 heterocycles. The van der Waals surface area contributed by atoms with Crippen molar-refractivity contribution >= 4 is 26.7 Å². The van der Waals surface area contributed by atoms with Gasteiger partial charge in [-0.15, -0.1) is 0 Å². The van der Waals surface area contributed by atoms with Crippen molar-refractivity contribution < 1.29 is 33.4 Å². The lowest BCUT2D eigenvalue weighted by Crippen LogP contribution is -2.47. The number of aryl methyl sites for hydroxylation is 1. The van der Waals surface area contributed by atoms with E-state index in [2.05, 4.69) is 31.2 Å². The first-order valence-corrected chi connectivity index (χ1v) is 15.6. The van der Waals surface area contributed by atoms with Crippen LogP contribution in [-0.4, -0.2) is 66.4 Å². The van der Waals surface area contributed by atoms with Gasteiger partial charge in [0.1, 0.15) is 23.7 Å². The number of aldehydes is 1. The molecule has 0 saturated heterocycles. The van der Waals surface area contributed by atoms with Crippen LogP contribution in [0.4, 0.5) is 4.79 Å². The molecule has 2 rings (SSSR count). The predicted molar refractivity (Wildman–Crippen MR) is 147 cm³/mol. The summed E-state index contributed by atoms with van der Waals surface area (Å²) in [6, 6.07) is 8.74. The third-order valence-corrected chi connectivity index (χ3v) is 10.7. The largest absolute Gasteiger partial charge is 0.490 e. The van der Waals surface area contributed by atoms with Gasteiger partial charge in [-0.05, 0) is 75.7 Å². The van der Waals surface area contributed by atoms with E-state index in [1.165, 1.54) is 0 Å². The van der Waals surface area contributed by atoms with Crippen LogP contribution < -0.4 is 10.1 Å². The van der Waals surface area contributed by atoms with Gasteiger partial charge >= 0.3 is 12.1 Å². The molecule has 0 unspecified atom stereocenters. The first-order valence-electron chi connectivity index (χ1n) is 12.7. The third-order valence-electron chi connectivity index (χ3n) is 6.22. The summed E-state index contributed by atoms with van der Waals surface area (Å²) in [5, 5.41) is 16.7. The molecule has 1 aromatic carbocycles. The zero-order valence-corrected chi connectivity index (χ0v) is 24.7. The average molecular weight is 548 g/mol. The fraction of sp³-hybridized carbons (Fsp3) is 0.556. The van der Waals surface area contributed by atoms with Gasteiger partial charge in [-0.2, -0.15) is 5.10 Å². The topological polar surface area (TPSA) is 129 Å². The Kier molecular flexibility index (Phi) is 10.3. The van der Waals surface area contributed by atoms with Gasteiger partial charge in [0.15, 0.2) is 20.7 Å². The SMILES string of the molecule is CC(C)(C)OC(=O)NCCCn1nc(-c2ccc(OC[C@@H](O[Si](C)(C)C(C)(C)C)C(=O)O)cc2)cc1C=O. The van der Waals surface area contributed by atoms with Crippen LogP contribution in [0.5, 0.6) is 5.75 Å². The molecule has 38 heavy (non-hydrogen) atoms. The van der Waals surface area contributed by atoms with Crippen LogP contribution >= 0.6 is 0 Å². The van der Waals surface area contributed by atoms with Gasteiger partial charge < -0.3 is 24.3 Å². The number of amides is 1. The van der Waals surface area contributed by atoms with Crippen LogP contribution in [0.3, 0.4) is 0 Å². The molecule has 1 amide bonds. The first-order chi connectivity index (χ1) is 17.5. The molecular weight excluding hydrogens is 506 g/mol. The Morgan fingerprint density at radius 3 is 2.29 bits per heavy atom. The molecule has 210 valence electrons. The number of carboxylic acid groups (broad SMARTS) is 1. The molecule has 2 N–H and O–H groups in total. The third kappa shape index (κ3) is 9.28. The molecule has 1 atom stereocenters. The zero-order valence-electron chi connectivity index (χ0n) is 23.7. The van der Waals surface area contributed by atoms with E-state index in [9.17, 15) is 19.5 Å². The summed E-state index contributed by atoms with van der Waals surface area (Å²) in [6.45, 7) is 16.3. The highest BCUT2D eigenvalue weighted by molar-refractivity contribution is 6.74. The van der Waals surface area contributed by atoms with Crippen molar-refractivity contribution in [2.45, 2.75) is 84.3 Å². The van der Waals surface area contributed by atoms with Crippen molar-refractivity contribution in [3.05, 3.63) is 36.0 Å². The van der Waals surface area contributed by atoms with Gasteiger partial charge in [-0.1, -0.05) is 20.8 Å². The van der Waals surface area contributed by atoms with Gasteiger partial charge in [0.2, 0.25) is 0 Å². The summed E-state index contributed by atoms with van der Waals surface area (Å²) in [4.78, 5) is 35.1. The Balaban J connectivity index is 1.98. The quantitative estimate of drug-likeness (QED) is 0.213. The second kappa shape index (κ2) is 12.6. The highest BCUT2D eigenvalue weighted by Crippen LogP contribution is 2.37.